The van der Waals surface area contributed by atoms with Crippen LogP contribution in [0.2, 0.25) is 0 Å². The highest BCUT2D eigenvalue weighted by atomic mass is 32.1. The number of aromatic nitrogens is 1. The molecule has 0 N–H and O–H groups in total. The number of carbonyl (C=O) groups is 1. The second kappa shape index (κ2) is 9.82. The zero-order valence-electron chi connectivity index (χ0n) is 16.3. The van der Waals surface area contributed by atoms with Gasteiger partial charge in [0.05, 0.1) is 23.7 Å². The van der Waals surface area contributed by atoms with Gasteiger partial charge in [-0.2, -0.15) is 0 Å². The van der Waals surface area contributed by atoms with E-state index in [0.717, 1.165) is 26.9 Å². The summed E-state index contributed by atoms with van der Waals surface area (Å²) in [6, 6.07) is 9.77. The monoisotopic (exact) mass is 416 g/mol. The molecule has 0 saturated carbocycles. The Morgan fingerprint density at radius 1 is 1.18 bits per heavy atom. The molecule has 0 unspecified atom stereocenters. The van der Waals surface area contributed by atoms with Gasteiger partial charge in [-0.15, -0.1) is 22.7 Å². The van der Waals surface area contributed by atoms with Crippen LogP contribution in [0.3, 0.4) is 0 Å². The van der Waals surface area contributed by atoms with Crippen LogP contribution in [0, 0.1) is 13.8 Å². The van der Waals surface area contributed by atoms with Crippen LogP contribution < -0.4 is 4.74 Å². The fourth-order valence-electron chi connectivity index (χ4n) is 2.71. The number of carbonyl (C=O) groups excluding carboxylic acids is 1. The number of thiophene rings is 1. The average Bonchev–Trinajstić information content (AvgIpc) is 3.38. The lowest BCUT2D eigenvalue weighted by Crippen LogP contribution is -2.33. The third-order valence-electron chi connectivity index (χ3n) is 4.44. The maximum Gasteiger partial charge on any atom is 0.264 e. The second-order valence-electron chi connectivity index (χ2n) is 6.42. The first kappa shape index (κ1) is 20.5. The summed E-state index contributed by atoms with van der Waals surface area (Å²) in [6.45, 7) is 6.03. The van der Waals surface area contributed by atoms with Gasteiger partial charge in [0.25, 0.3) is 5.91 Å². The van der Waals surface area contributed by atoms with Crippen molar-refractivity contribution in [2.45, 2.75) is 27.0 Å². The van der Waals surface area contributed by atoms with E-state index < -0.39 is 0 Å². The Kier molecular flexibility index (Phi) is 7.19. The molecule has 0 radical (unpaired) electrons. The molecule has 0 aliphatic carbocycles. The zero-order valence-corrected chi connectivity index (χ0v) is 17.9. The molecule has 1 amide bonds. The maximum absolute atomic E-state index is 12.7. The Hall–Kier alpha value is -2.22. The zero-order chi connectivity index (χ0) is 19.9. The van der Waals surface area contributed by atoms with E-state index in [1.807, 2.05) is 35.0 Å². The van der Waals surface area contributed by atoms with Crippen LogP contribution in [-0.2, 0) is 17.9 Å². The SMILES string of the molecule is COCCN(Cc1csc(COc2cccc(C)c2C)n1)C(=O)c1cccs1. The van der Waals surface area contributed by atoms with Crippen molar-refractivity contribution >= 4 is 28.6 Å². The molecule has 28 heavy (non-hydrogen) atoms. The van der Waals surface area contributed by atoms with E-state index in [-0.39, 0.29) is 5.91 Å². The summed E-state index contributed by atoms with van der Waals surface area (Å²) in [7, 11) is 1.64. The molecule has 148 valence electrons. The number of rotatable bonds is 9. The molecular formula is C21H24N2O3S2. The average molecular weight is 417 g/mol. The third kappa shape index (κ3) is 5.19. The van der Waals surface area contributed by atoms with Crippen molar-refractivity contribution in [2.24, 2.45) is 0 Å². The molecule has 0 bridgehead atoms. The first-order valence-electron chi connectivity index (χ1n) is 9.02. The number of methoxy groups -OCH3 is 1. The van der Waals surface area contributed by atoms with E-state index in [2.05, 4.69) is 24.9 Å². The molecule has 7 heteroatoms. The van der Waals surface area contributed by atoms with Crippen LogP contribution in [0.4, 0.5) is 0 Å². The standard InChI is InChI=1S/C21H24N2O3S2/c1-15-6-4-7-18(16(15)2)26-13-20-22-17(14-28-20)12-23(9-10-25-3)21(24)19-8-5-11-27-19/h4-8,11,14H,9-10,12-13H2,1-3H3. The van der Waals surface area contributed by atoms with Crippen LogP contribution >= 0.6 is 22.7 Å². The Morgan fingerprint density at radius 3 is 2.79 bits per heavy atom. The highest BCUT2D eigenvalue weighted by Crippen LogP contribution is 2.23. The van der Waals surface area contributed by atoms with Crippen LogP contribution in [-0.4, -0.2) is 36.1 Å². The summed E-state index contributed by atoms with van der Waals surface area (Å²) < 4.78 is 11.1. The van der Waals surface area contributed by atoms with Gasteiger partial charge in [0, 0.05) is 19.0 Å². The van der Waals surface area contributed by atoms with Crippen molar-refractivity contribution in [3.8, 4) is 5.75 Å². The fraction of sp³-hybridized carbons (Fsp3) is 0.333. The van der Waals surface area contributed by atoms with E-state index in [9.17, 15) is 4.79 Å². The van der Waals surface area contributed by atoms with Gasteiger partial charge in [-0.05, 0) is 42.5 Å². The molecule has 3 rings (SSSR count). The molecule has 0 aliphatic rings. The summed E-state index contributed by atoms with van der Waals surface area (Å²) in [5, 5.41) is 4.79. The molecule has 3 aromatic rings. The Bertz CT molecular complexity index is 906. The minimum atomic E-state index is 0.00763. The highest BCUT2D eigenvalue weighted by Gasteiger charge is 2.18. The Morgan fingerprint density at radius 2 is 2.04 bits per heavy atom. The topological polar surface area (TPSA) is 51.7 Å². The lowest BCUT2D eigenvalue weighted by Gasteiger charge is -2.20. The van der Waals surface area contributed by atoms with Crippen molar-refractivity contribution in [3.05, 3.63) is 67.8 Å². The van der Waals surface area contributed by atoms with E-state index in [0.29, 0.717) is 26.3 Å². The van der Waals surface area contributed by atoms with Crippen molar-refractivity contribution in [1.29, 1.82) is 0 Å². The van der Waals surface area contributed by atoms with Crippen molar-refractivity contribution in [1.82, 2.24) is 9.88 Å². The van der Waals surface area contributed by atoms with Gasteiger partial charge in [-0.25, -0.2) is 4.98 Å². The Labute approximate surface area is 173 Å². The van der Waals surface area contributed by atoms with Gasteiger partial charge in [0.1, 0.15) is 17.4 Å². The van der Waals surface area contributed by atoms with Crippen LogP contribution in [0.25, 0.3) is 0 Å². The molecule has 0 saturated heterocycles. The molecule has 0 spiro atoms. The minimum Gasteiger partial charge on any atom is -0.486 e. The number of amides is 1. The number of aryl methyl sites for hydroxylation is 1. The van der Waals surface area contributed by atoms with Gasteiger partial charge >= 0.3 is 0 Å². The molecule has 5 nitrogen and oxygen atoms in total. The molecule has 0 atom stereocenters. The summed E-state index contributed by atoms with van der Waals surface area (Å²) in [6.07, 6.45) is 0. The van der Waals surface area contributed by atoms with E-state index in [1.165, 1.54) is 16.9 Å². The first-order valence-corrected chi connectivity index (χ1v) is 10.8. The summed E-state index contributed by atoms with van der Waals surface area (Å²) in [5.74, 6) is 0.888. The van der Waals surface area contributed by atoms with E-state index in [1.54, 1.807) is 23.3 Å². The van der Waals surface area contributed by atoms with Gasteiger partial charge in [-0.1, -0.05) is 18.2 Å². The smallest absolute Gasteiger partial charge is 0.264 e. The number of hydrogen-bond donors (Lipinski definition) is 0. The lowest BCUT2D eigenvalue weighted by molar-refractivity contribution is 0.0683. The maximum atomic E-state index is 12.7. The summed E-state index contributed by atoms with van der Waals surface area (Å²) in [4.78, 5) is 19.9. The largest absolute Gasteiger partial charge is 0.486 e. The number of thiazole rings is 1. The highest BCUT2D eigenvalue weighted by molar-refractivity contribution is 7.12. The number of nitrogens with zero attached hydrogens (tertiary/aromatic N) is 2. The first-order chi connectivity index (χ1) is 13.6. The Balaban J connectivity index is 1.64. The second-order valence-corrected chi connectivity index (χ2v) is 8.31. The summed E-state index contributed by atoms with van der Waals surface area (Å²) >= 11 is 3.00. The lowest BCUT2D eigenvalue weighted by atomic mass is 10.1. The van der Waals surface area contributed by atoms with Gasteiger partial charge in [0.15, 0.2) is 0 Å². The normalized spacial score (nSPS) is 10.8. The molecule has 0 aliphatic heterocycles. The third-order valence-corrected chi connectivity index (χ3v) is 6.17. The van der Waals surface area contributed by atoms with Gasteiger partial charge in [0.2, 0.25) is 0 Å². The quantitative estimate of drug-likeness (QED) is 0.508. The predicted molar refractivity (Wildman–Crippen MR) is 113 cm³/mol. The van der Waals surface area contributed by atoms with Crippen LogP contribution in [0.5, 0.6) is 5.75 Å². The fourth-order valence-corrected chi connectivity index (χ4v) is 4.10. The summed E-state index contributed by atoms with van der Waals surface area (Å²) in [5.41, 5.74) is 3.22. The molecule has 2 heterocycles. The minimum absolute atomic E-state index is 0.00763. The van der Waals surface area contributed by atoms with Crippen LogP contribution in [0.1, 0.15) is 31.5 Å². The number of hydrogen-bond acceptors (Lipinski definition) is 6. The molecule has 1 aromatic carbocycles. The van der Waals surface area contributed by atoms with Crippen molar-refractivity contribution in [2.75, 3.05) is 20.3 Å². The number of benzene rings is 1. The van der Waals surface area contributed by atoms with Crippen molar-refractivity contribution in [3.63, 3.8) is 0 Å². The van der Waals surface area contributed by atoms with Crippen molar-refractivity contribution < 1.29 is 14.3 Å². The molecular weight excluding hydrogens is 392 g/mol. The van der Waals surface area contributed by atoms with Crippen LogP contribution in [0.15, 0.2) is 41.1 Å². The predicted octanol–water partition coefficient (Wildman–Crippen LogP) is 4.69. The van der Waals surface area contributed by atoms with E-state index in [4.69, 9.17) is 9.47 Å². The number of ether oxygens (including phenoxy) is 2. The van der Waals surface area contributed by atoms with Gasteiger partial charge in [-0.3, -0.25) is 4.79 Å². The molecule has 2 aromatic heterocycles. The molecule has 0 fully saturated rings. The van der Waals surface area contributed by atoms with Gasteiger partial charge < -0.3 is 14.4 Å². The van der Waals surface area contributed by atoms with E-state index >= 15 is 0 Å².